The van der Waals surface area contributed by atoms with Gasteiger partial charge in [0.25, 0.3) is 6.47 Å². The number of carbonyl (C=O) groups excluding carboxylic acids is 1. The van der Waals surface area contributed by atoms with Crippen LogP contribution in [0.1, 0.15) is 16.1 Å². The third kappa shape index (κ3) is 2.88. The molecule has 7 nitrogen and oxygen atoms in total. The molecule has 108 valence electrons. The zero-order valence-corrected chi connectivity index (χ0v) is 11.5. The molecule has 2 heterocycles. The van der Waals surface area contributed by atoms with Gasteiger partial charge in [0, 0.05) is 37.9 Å². The average molecular weight is 279 g/mol. The van der Waals surface area contributed by atoms with E-state index < -0.39 is 5.97 Å². The van der Waals surface area contributed by atoms with E-state index in [1.54, 1.807) is 6.92 Å². The Balaban J connectivity index is 2.44. The number of aromatic carboxylic acids is 1. The van der Waals surface area contributed by atoms with Crippen LogP contribution in [0.4, 0.5) is 5.82 Å². The lowest BCUT2D eigenvalue weighted by Crippen LogP contribution is -2.45. The van der Waals surface area contributed by atoms with Crippen molar-refractivity contribution in [2.45, 2.75) is 6.92 Å². The number of piperazine rings is 1. The first-order valence-corrected chi connectivity index (χ1v) is 6.31. The van der Waals surface area contributed by atoms with Gasteiger partial charge in [-0.15, -0.1) is 0 Å². The van der Waals surface area contributed by atoms with Gasteiger partial charge in [0.05, 0.1) is 0 Å². The Hall–Kier alpha value is -2.15. The lowest BCUT2D eigenvalue weighted by Gasteiger charge is -2.34. The Labute approximate surface area is 116 Å². The molecule has 0 bridgehead atoms. The van der Waals surface area contributed by atoms with Crippen LogP contribution in [-0.4, -0.2) is 60.7 Å². The van der Waals surface area contributed by atoms with Crippen molar-refractivity contribution in [1.82, 2.24) is 9.88 Å². The highest BCUT2D eigenvalue weighted by molar-refractivity contribution is 5.97. The zero-order valence-electron chi connectivity index (χ0n) is 11.5. The minimum Gasteiger partial charge on any atom is -0.477 e. The maximum absolute atomic E-state index is 11.5. The Kier molecular flexibility index (Phi) is 4.19. The minimum absolute atomic E-state index is 0.0360. The predicted octanol–water partition coefficient (Wildman–Crippen LogP) is 0.375. The molecule has 1 aromatic rings. The molecule has 1 N–H and O–H groups in total. The smallest absolute Gasteiger partial charge is 0.343 e. The molecule has 1 saturated heterocycles. The van der Waals surface area contributed by atoms with Gasteiger partial charge in [-0.05, 0) is 14.0 Å². The third-order valence-corrected chi connectivity index (χ3v) is 3.28. The molecule has 1 aliphatic heterocycles. The Bertz CT molecular complexity index is 525. The monoisotopic (exact) mass is 279 g/mol. The molecule has 1 aliphatic rings. The summed E-state index contributed by atoms with van der Waals surface area (Å²) in [5, 5.41) is 9.37. The van der Waals surface area contributed by atoms with Crippen molar-refractivity contribution in [3.8, 4) is 5.75 Å². The topological polar surface area (TPSA) is 83.0 Å². The molecule has 1 aromatic heterocycles. The molecule has 1 fully saturated rings. The molecule has 0 unspecified atom stereocenters. The number of likely N-dealkylation sites (N-methyl/N-ethyl adjacent to an activating group) is 1. The lowest BCUT2D eigenvalue weighted by molar-refractivity contribution is -0.120. The molecular formula is C13H17N3O4. The van der Waals surface area contributed by atoms with Crippen LogP contribution in [0.3, 0.4) is 0 Å². The number of pyridine rings is 1. The first-order valence-electron chi connectivity index (χ1n) is 6.31. The molecule has 0 radical (unpaired) electrons. The Morgan fingerprint density at radius 1 is 1.40 bits per heavy atom. The van der Waals surface area contributed by atoms with Crippen LogP contribution >= 0.6 is 0 Å². The fourth-order valence-electron chi connectivity index (χ4n) is 2.22. The van der Waals surface area contributed by atoms with Crippen molar-refractivity contribution in [1.29, 1.82) is 0 Å². The third-order valence-electron chi connectivity index (χ3n) is 3.28. The van der Waals surface area contributed by atoms with Crippen molar-refractivity contribution in [2.24, 2.45) is 0 Å². The summed E-state index contributed by atoms with van der Waals surface area (Å²) in [5.41, 5.74) is 0.549. The summed E-state index contributed by atoms with van der Waals surface area (Å²) in [7, 11) is 2.01. The van der Waals surface area contributed by atoms with Crippen molar-refractivity contribution in [3.05, 3.63) is 17.3 Å². The molecule has 0 spiro atoms. The minimum atomic E-state index is -1.15. The Morgan fingerprint density at radius 2 is 2.05 bits per heavy atom. The highest BCUT2D eigenvalue weighted by Crippen LogP contribution is 2.29. The summed E-state index contributed by atoms with van der Waals surface area (Å²) in [5.74, 6) is -0.750. The van der Waals surface area contributed by atoms with E-state index in [1.807, 2.05) is 11.9 Å². The molecule has 0 aliphatic carbocycles. The van der Waals surface area contributed by atoms with Crippen LogP contribution in [0.25, 0.3) is 0 Å². The van der Waals surface area contributed by atoms with Gasteiger partial charge in [-0.1, -0.05) is 0 Å². The lowest BCUT2D eigenvalue weighted by atomic mass is 10.1. The van der Waals surface area contributed by atoms with E-state index in [0.717, 1.165) is 13.1 Å². The normalized spacial score (nSPS) is 16.0. The van der Waals surface area contributed by atoms with Crippen LogP contribution in [-0.2, 0) is 4.79 Å². The second kappa shape index (κ2) is 5.87. The Morgan fingerprint density at radius 3 is 2.60 bits per heavy atom. The number of hydrogen-bond donors (Lipinski definition) is 1. The maximum Gasteiger partial charge on any atom is 0.343 e. The molecule has 20 heavy (non-hydrogen) atoms. The maximum atomic E-state index is 11.5. The van der Waals surface area contributed by atoms with Crippen LogP contribution in [0.15, 0.2) is 6.07 Å². The van der Waals surface area contributed by atoms with Crippen molar-refractivity contribution in [3.63, 3.8) is 0 Å². The number of carboxylic acid groups (broad SMARTS) is 1. The largest absolute Gasteiger partial charge is 0.477 e. The van der Waals surface area contributed by atoms with Crippen LogP contribution in [0, 0.1) is 6.92 Å². The summed E-state index contributed by atoms with van der Waals surface area (Å²) < 4.78 is 4.79. The number of rotatable bonds is 4. The predicted molar refractivity (Wildman–Crippen MR) is 72.3 cm³/mol. The number of aromatic nitrogens is 1. The van der Waals surface area contributed by atoms with Gasteiger partial charge in [-0.25, -0.2) is 9.78 Å². The molecule has 0 atom stereocenters. The van der Waals surface area contributed by atoms with Gasteiger partial charge in [0.1, 0.15) is 11.4 Å². The van der Waals surface area contributed by atoms with Crippen LogP contribution in [0.5, 0.6) is 5.75 Å². The first kappa shape index (κ1) is 14.3. The zero-order chi connectivity index (χ0) is 14.7. The van der Waals surface area contributed by atoms with Gasteiger partial charge < -0.3 is 19.6 Å². The van der Waals surface area contributed by atoms with E-state index in [0.29, 0.717) is 24.6 Å². The van der Waals surface area contributed by atoms with Crippen molar-refractivity contribution >= 4 is 18.3 Å². The summed E-state index contributed by atoms with van der Waals surface area (Å²) in [6.07, 6.45) is 0. The summed E-state index contributed by atoms with van der Waals surface area (Å²) in [4.78, 5) is 30.4. The second-order valence-corrected chi connectivity index (χ2v) is 4.77. The van der Waals surface area contributed by atoms with E-state index in [9.17, 15) is 14.7 Å². The van der Waals surface area contributed by atoms with Gasteiger partial charge in [-0.2, -0.15) is 0 Å². The van der Waals surface area contributed by atoms with Crippen LogP contribution < -0.4 is 9.64 Å². The van der Waals surface area contributed by atoms with E-state index in [4.69, 9.17) is 4.74 Å². The van der Waals surface area contributed by atoms with Gasteiger partial charge in [-0.3, -0.25) is 4.79 Å². The molecule has 0 aromatic carbocycles. The number of nitrogens with zero attached hydrogens (tertiary/aromatic N) is 3. The highest BCUT2D eigenvalue weighted by atomic mass is 16.5. The molecule has 2 rings (SSSR count). The quantitative estimate of drug-likeness (QED) is 0.797. The van der Waals surface area contributed by atoms with E-state index >= 15 is 0 Å². The van der Waals surface area contributed by atoms with E-state index in [2.05, 4.69) is 9.88 Å². The molecule has 0 amide bonds. The van der Waals surface area contributed by atoms with Crippen LogP contribution in [0.2, 0.25) is 0 Å². The number of carbonyl (C=O) groups is 2. The fourth-order valence-corrected chi connectivity index (χ4v) is 2.22. The number of hydrogen-bond acceptors (Lipinski definition) is 6. The molecular weight excluding hydrogens is 262 g/mol. The molecule has 7 heteroatoms. The number of anilines is 1. The summed E-state index contributed by atoms with van der Waals surface area (Å²) >= 11 is 0. The summed E-state index contributed by atoms with van der Waals surface area (Å²) in [6, 6.07) is 1.46. The van der Waals surface area contributed by atoms with Gasteiger partial charge >= 0.3 is 5.97 Å². The van der Waals surface area contributed by atoms with E-state index in [1.165, 1.54) is 6.07 Å². The molecule has 0 saturated carbocycles. The SMILES string of the molecule is Cc1cc(OC=O)c(C(=O)O)c(N2CCN(C)CC2)n1. The second-order valence-electron chi connectivity index (χ2n) is 4.77. The average Bonchev–Trinajstić information content (AvgIpc) is 2.38. The van der Waals surface area contributed by atoms with Crippen molar-refractivity contribution < 1.29 is 19.4 Å². The van der Waals surface area contributed by atoms with Crippen molar-refractivity contribution in [2.75, 3.05) is 38.1 Å². The van der Waals surface area contributed by atoms with Gasteiger partial charge in [0.15, 0.2) is 5.75 Å². The number of carboxylic acids is 1. The standard InChI is InChI=1S/C13H17N3O4/c1-9-7-10(20-8-17)11(13(18)19)12(14-9)16-5-3-15(2)4-6-16/h7-8H,3-6H2,1-2H3,(H,18,19). The first-order chi connectivity index (χ1) is 9.52. The summed E-state index contributed by atoms with van der Waals surface area (Å²) in [6.45, 7) is 5.01. The number of ether oxygens (including phenoxy) is 1. The highest BCUT2D eigenvalue weighted by Gasteiger charge is 2.25. The van der Waals surface area contributed by atoms with E-state index in [-0.39, 0.29) is 17.8 Å². The fraction of sp³-hybridized carbons (Fsp3) is 0.462. The number of aryl methyl sites for hydroxylation is 1. The van der Waals surface area contributed by atoms with Gasteiger partial charge in [0.2, 0.25) is 0 Å².